The highest BCUT2D eigenvalue weighted by atomic mass is 19.2. The number of hydrogen-bond acceptors (Lipinski definition) is 5. The first-order valence-electron chi connectivity index (χ1n) is 10.9. The van der Waals surface area contributed by atoms with Crippen LogP contribution in [0, 0.1) is 18.6 Å². The molecule has 3 aromatic rings. The topological polar surface area (TPSA) is 73.8 Å². The number of ether oxygens (including phenoxy) is 1. The molecule has 1 aliphatic heterocycles. The van der Waals surface area contributed by atoms with E-state index >= 15 is 0 Å². The van der Waals surface area contributed by atoms with E-state index in [1.54, 1.807) is 31.4 Å². The van der Waals surface area contributed by atoms with Gasteiger partial charge in [0.2, 0.25) is 0 Å². The summed E-state index contributed by atoms with van der Waals surface area (Å²) in [6.07, 6.45) is 0. The minimum Gasteiger partial charge on any atom is -0.497 e. The molecule has 0 atom stereocenters. The van der Waals surface area contributed by atoms with E-state index in [0.717, 1.165) is 23.1 Å². The quantitative estimate of drug-likeness (QED) is 0.442. The van der Waals surface area contributed by atoms with Gasteiger partial charge in [0.05, 0.1) is 38.6 Å². The summed E-state index contributed by atoms with van der Waals surface area (Å²) in [5.41, 5.74) is 0.996. The number of rotatable bonds is 7. The smallest absolute Gasteiger partial charge is 0.256 e. The minimum absolute atomic E-state index is 0.000335. The van der Waals surface area contributed by atoms with Crippen molar-refractivity contribution < 1.29 is 27.8 Å². The molecular weight excluding hydrogens is 459 g/mol. The van der Waals surface area contributed by atoms with Gasteiger partial charge < -0.3 is 25.4 Å². The third kappa shape index (κ3) is 6.05. The van der Waals surface area contributed by atoms with Crippen LogP contribution >= 0.6 is 0 Å². The zero-order valence-electron chi connectivity index (χ0n) is 19.7. The predicted octanol–water partition coefficient (Wildman–Crippen LogP) is 4.91. The van der Waals surface area contributed by atoms with E-state index < -0.39 is 23.1 Å². The van der Waals surface area contributed by atoms with Gasteiger partial charge in [-0.25, -0.2) is 8.78 Å². The first kappa shape index (κ1) is 25.9. The number of carbonyl (C=O) groups is 1. The molecule has 186 valence electrons. The van der Waals surface area contributed by atoms with Crippen molar-refractivity contribution in [3.8, 4) is 5.75 Å². The molecule has 0 aliphatic carbocycles. The van der Waals surface area contributed by atoms with Crippen LogP contribution in [-0.4, -0.2) is 55.4 Å². The summed E-state index contributed by atoms with van der Waals surface area (Å²) in [5.74, 6) is -1.94. The lowest BCUT2D eigenvalue weighted by atomic mass is 9.92. The lowest BCUT2D eigenvalue weighted by Crippen LogP contribution is -2.66. The minimum atomic E-state index is -1.13. The summed E-state index contributed by atoms with van der Waals surface area (Å²) >= 11 is 0. The molecule has 1 amide bonds. The number of halogens is 3. The average Bonchev–Trinajstić information content (AvgIpc) is 2.86. The van der Waals surface area contributed by atoms with Gasteiger partial charge in [-0.05, 0) is 55.5 Å². The highest BCUT2D eigenvalue weighted by Gasteiger charge is 2.44. The molecule has 6 nitrogen and oxygen atoms in total. The van der Waals surface area contributed by atoms with Crippen LogP contribution in [0.1, 0.15) is 15.9 Å². The van der Waals surface area contributed by atoms with Crippen LogP contribution in [0.5, 0.6) is 5.75 Å². The fraction of sp³-hybridized carbons (Fsp3) is 0.269. The lowest BCUT2D eigenvalue weighted by Gasteiger charge is -2.46. The molecule has 3 aromatic carbocycles. The summed E-state index contributed by atoms with van der Waals surface area (Å²) in [6, 6.07) is 16.5. The van der Waals surface area contributed by atoms with E-state index in [1.807, 2.05) is 31.2 Å². The van der Waals surface area contributed by atoms with Crippen molar-refractivity contribution in [3.05, 3.63) is 83.4 Å². The molecule has 0 aromatic heterocycles. The number of alkyl halides is 1. The van der Waals surface area contributed by atoms with Crippen LogP contribution in [0.15, 0.2) is 60.7 Å². The van der Waals surface area contributed by atoms with Gasteiger partial charge in [0.15, 0.2) is 11.6 Å². The van der Waals surface area contributed by atoms with Crippen molar-refractivity contribution in [2.45, 2.75) is 12.5 Å². The Labute approximate surface area is 202 Å². The van der Waals surface area contributed by atoms with Gasteiger partial charge in [0, 0.05) is 17.9 Å². The average molecular weight is 488 g/mol. The Morgan fingerprint density at radius 3 is 2.20 bits per heavy atom. The summed E-state index contributed by atoms with van der Waals surface area (Å²) in [7, 11) is 2.08. The SMILES string of the molecule is CF.COc1ccc(NCC2(O)CN(C(=O)c3ccc(F)c(F)c3Nc3ccc(C)cc3)C2)cc1. The van der Waals surface area contributed by atoms with Crippen molar-refractivity contribution in [3.63, 3.8) is 0 Å². The molecule has 9 heteroatoms. The normalized spacial score (nSPS) is 13.7. The summed E-state index contributed by atoms with van der Waals surface area (Å²) in [5, 5.41) is 16.7. The van der Waals surface area contributed by atoms with Gasteiger partial charge in [0.25, 0.3) is 5.91 Å². The van der Waals surface area contributed by atoms with Crippen LogP contribution in [0.3, 0.4) is 0 Å². The lowest BCUT2D eigenvalue weighted by molar-refractivity contribution is -0.0706. The molecule has 1 heterocycles. The molecular formula is C26H28F3N3O3. The van der Waals surface area contributed by atoms with Gasteiger partial charge >= 0.3 is 0 Å². The molecule has 35 heavy (non-hydrogen) atoms. The van der Waals surface area contributed by atoms with E-state index in [1.165, 1.54) is 11.0 Å². The zero-order chi connectivity index (χ0) is 25.6. The second kappa shape index (κ2) is 11.1. The van der Waals surface area contributed by atoms with Crippen LogP contribution in [0.2, 0.25) is 0 Å². The monoisotopic (exact) mass is 487 g/mol. The summed E-state index contributed by atoms with van der Waals surface area (Å²) in [4.78, 5) is 14.4. The van der Waals surface area contributed by atoms with E-state index in [9.17, 15) is 23.1 Å². The van der Waals surface area contributed by atoms with E-state index in [0.29, 0.717) is 12.9 Å². The standard InChI is InChI=1S/C25H25F2N3O3.CH3F/c1-16-3-5-18(6-4-16)29-23-20(11-12-21(26)22(23)27)24(31)30-14-25(32,15-30)13-28-17-7-9-19(33-2)10-8-17;1-2/h3-12,28-29,32H,13-15H2,1-2H3;1H3. The number of aryl methyl sites for hydroxylation is 1. The fourth-order valence-corrected chi connectivity index (χ4v) is 3.70. The maximum absolute atomic E-state index is 14.6. The Morgan fingerprint density at radius 2 is 1.60 bits per heavy atom. The second-order valence-electron chi connectivity index (χ2n) is 8.24. The van der Waals surface area contributed by atoms with E-state index in [2.05, 4.69) is 10.6 Å². The first-order chi connectivity index (χ1) is 16.8. The Hall–Kier alpha value is -3.72. The van der Waals surface area contributed by atoms with Gasteiger partial charge in [-0.3, -0.25) is 9.18 Å². The van der Waals surface area contributed by atoms with Crippen molar-refractivity contribution in [2.75, 3.05) is 44.6 Å². The Balaban J connectivity index is 0.00000167. The van der Waals surface area contributed by atoms with Gasteiger partial charge in [0.1, 0.15) is 11.4 Å². The Kier molecular flexibility index (Phi) is 8.24. The van der Waals surface area contributed by atoms with Crippen molar-refractivity contribution in [2.24, 2.45) is 0 Å². The fourth-order valence-electron chi connectivity index (χ4n) is 3.70. The number of carbonyl (C=O) groups excluding carboxylic acids is 1. The first-order valence-corrected chi connectivity index (χ1v) is 10.9. The molecule has 0 radical (unpaired) electrons. The number of nitrogens with one attached hydrogen (secondary N) is 2. The van der Waals surface area contributed by atoms with Crippen LogP contribution < -0.4 is 15.4 Å². The van der Waals surface area contributed by atoms with Crippen molar-refractivity contribution in [1.82, 2.24) is 4.90 Å². The Morgan fingerprint density at radius 1 is 1.00 bits per heavy atom. The van der Waals surface area contributed by atoms with Crippen LogP contribution in [-0.2, 0) is 0 Å². The van der Waals surface area contributed by atoms with Crippen LogP contribution in [0.4, 0.5) is 30.2 Å². The van der Waals surface area contributed by atoms with Gasteiger partial charge in [-0.1, -0.05) is 17.7 Å². The number of nitrogens with zero attached hydrogens (tertiary/aromatic N) is 1. The van der Waals surface area contributed by atoms with Crippen molar-refractivity contribution >= 4 is 23.0 Å². The number of likely N-dealkylation sites (tertiary alicyclic amines) is 1. The number of anilines is 3. The second-order valence-corrected chi connectivity index (χ2v) is 8.24. The van der Waals surface area contributed by atoms with Gasteiger partial charge in [-0.15, -0.1) is 0 Å². The number of amides is 1. The number of aliphatic hydroxyl groups is 1. The molecule has 0 unspecified atom stereocenters. The number of β-amino-alcohol motifs (C(OH)–C–C–N with tert-alkyl or cyclic N) is 1. The number of benzene rings is 3. The van der Waals surface area contributed by atoms with E-state index in [-0.39, 0.29) is 30.9 Å². The summed E-state index contributed by atoms with van der Waals surface area (Å²) < 4.78 is 43.2. The third-order valence-corrected chi connectivity index (χ3v) is 5.62. The largest absolute Gasteiger partial charge is 0.497 e. The molecule has 0 spiro atoms. The molecule has 0 bridgehead atoms. The van der Waals surface area contributed by atoms with Crippen molar-refractivity contribution in [1.29, 1.82) is 0 Å². The highest BCUT2D eigenvalue weighted by molar-refractivity contribution is 6.01. The molecule has 1 aliphatic rings. The maximum atomic E-state index is 14.6. The zero-order valence-corrected chi connectivity index (χ0v) is 19.7. The number of methoxy groups -OCH3 is 1. The van der Waals surface area contributed by atoms with Crippen LogP contribution in [0.25, 0.3) is 0 Å². The third-order valence-electron chi connectivity index (χ3n) is 5.62. The molecule has 4 rings (SSSR count). The number of hydrogen-bond donors (Lipinski definition) is 3. The highest BCUT2D eigenvalue weighted by Crippen LogP contribution is 2.31. The predicted molar refractivity (Wildman–Crippen MR) is 130 cm³/mol. The van der Waals surface area contributed by atoms with Gasteiger partial charge in [-0.2, -0.15) is 0 Å². The van der Waals surface area contributed by atoms with E-state index in [4.69, 9.17) is 4.74 Å². The maximum Gasteiger partial charge on any atom is 0.256 e. The molecule has 3 N–H and O–H groups in total. The molecule has 0 saturated carbocycles. The molecule has 1 fully saturated rings. The Bertz CT molecular complexity index is 1150. The molecule has 1 saturated heterocycles. The summed E-state index contributed by atoms with van der Waals surface area (Å²) in [6.45, 7) is 2.28.